The van der Waals surface area contributed by atoms with Crippen molar-refractivity contribution in [2.75, 3.05) is 9.80 Å². The Morgan fingerprint density at radius 2 is 1.02 bits per heavy atom. The molecular weight excluding hydrogens is 754 g/mol. The summed E-state index contributed by atoms with van der Waals surface area (Å²) < 4.78 is 2.67. The van der Waals surface area contributed by atoms with Crippen molar-refractivity contribution in [2.24, 2.45) is 0 Å². The number of hydrogen-bond acceptors (Lipinski definition) is 5. The minimum absolute atomic E-state index is 0.0148. The Bertz CT molecular complexity index is 2850. The Morgan fingerprint density at radius 3 is 1.56 bits per heavy atom. The van der Waals surface area contributed by atoms with Gasteiger partial charge < -0.3 is 4.90 Å². The summed E-state index contributed by atoms with van der Waals surface area (Å²) >= 11 is 3.88. The van der Waals surface area contributed by atoms with E-state index >= 15 is 0 Å². The first-order valence-electron chi connectivity index (χ1n) is 21.6. The van der Waals surface area contributed by atoms with E-state index in [2.05, 4.69) is 191 Å². The summed E-state index contributed by atoms with van der Waals surface area (Å²) in [5, 5.41) is 5.34. The Labute approximate surface area is 360 Å². The number of fused-ring (bicyclic) bond motifs is 9. The third-order valence-corrected chi connectivity index (χ3v) is 16.2. The molecule has 0 saturated heterocycles. The van der Waals surface area contributed by atoms with Crippen LogP contribution >= 0.6 is 22.7 Å². The van der Waals surface area contributed by atoms with Crippen molar-refractivity contribution in [3.05, 3.63) is 119 Å². The third kappa shape index (κ3) is 5.90. The molecule has 0 N–H and O–H groups in total. The van der Waals surface area contributed by atoms with Crippen molar-refractivity contribution in [2.45, 2.75) is 130 Å². The Balaban J connectivity index is 1.32. The van der Waals surface area contributed by atoms with Gasteiger partial charge in [0.2, 0.25) is 0 Å². The SMILES string of the molecule is CC(C)(C)c1ccc(N2c3nccc4c3B(c3c(sc5ccc(C(C)(C)C)cc35)N4c3ccc4c(c3)C(C)(C)CCC4(C)C)c3c2sc2ccc(C(C)(C)C)cc32)cc1. The van der Waals surface area contributed by atoms with Crippen LogP contribution < -0.4 is 26.2 Å². The van der Waals surface area contributed by atoms with Gasteiger partial charge >= 0.3 is 0 Å². The van der Waals surface area contributed by atoms with E-state index in [0.29, 0.717) is 0 Å². The first-order valence-corrected chi connectivity index (χ1v) is 23.3. The highest BCUT2D eigenvalue weighted by molar-refractivity contribution is 7.29. The fourth-order valence-electron chi connectivity index (χ4n) is 10.1. The zero-order valence-electron chi connectivity index (χ0n) is 37.3. The minimum Gasteiger partial charge on any atom is -0.303 e. The molecule has 0 unspecified atom stereocenters. The molecular formula is C53H58BN3S2. The van der Waals surface area contributed by atoms with Gasteiger partial charge in [-0.15, -0.1) is 22.7 Å². The van der Waals surface area contributed by atoms with Gasteiger partial charge in [-0.1, -0.05) is 132 Å². The Kier molecular flexibility index (Phi) is 8.27. The highest BCUT2D eigenvalue weighted by atomic mass is 32.1. The Morgan fingerprint density at radius 1 is 0.525 bits per heavy atom. The van der Waals surface area contributed by atoms with Gasteiger partial charge in [-0.3, -0.25) is 4.90 Å². The van der Waals surface area contributed by atoms with Crippen LogP contribution in [0.1, 0.15) is 131 Å². The van der Waals surface area contributed by atoms with Gasteiger partial charge in [-0.25, -0.2) is 4.98 Å². The molecule has 0 radical (unpaired) electrons. The van der Waals surface area contributed by atoms with Crippen molar-refractivity contribution in [1.29, 1.82) is 0 Å². The van der Waals surface area contributed by atoms with Crippen molar-refractivity contribution >= 4 is 98.8 Å². The quantitative estimate of drug-likeness (QED) is 0.162. The van der Waals surface area contributed by atoms with Gasteiger partial charge in [0.15, 0.2) is 0 Å². The summed E-state index contributed by atoms with van der Waals surface area (Å²) in [7, 11) is 0. The van der Waals surface area contributed by atoms with E-state index < -0.39 is 0 Å². The second kappa shape index (κ2) is 12.6. The van der Waals surface area contributed by atoms with Crippen molar-refractivity contribution in [1.82, 2.24) is 4.98 Å². The smallest absolute Gasteiger partial charge is 0.258 e. The number of benzene rings is 4. The van der Waals surface area contributed by atoms with Crippen molar-refractivity contribution in [3.63, 3.8) is 0 Å². The van der Waals surface area contributed by atoms with Gasteiger partial charge in [0.25, 0.3) is 6.71 Å². The van der Waals surface area contributed by atoms with E-state index in [4.69, 9.17) is 4.98 Å². The molecule has 300 valence electrons. The largest absolute Gasteiger partial charge is 0.303 e. The fraction of sp³-hybridized carbons (Fsp3) is 0.377. The topological polar surface area (TPSA) is 19.4 Å². The maximum Gasteiger partial charge on any atom is 0.258 e. The molecule has 3 aromatic heterocycles. The van der Waals surface area contributed by atoms with Crippen LogP contribution in [0.4, 0.5) is 32.9 Å². The molecule has 0 amide bonds. The molecule has 5 heterocycles. The van der Waals surface area contributed by atoms with E-state index in [1.54, 1.807) is 0 Å². The van der Waals surface area contributed by atoms with Crippen LogP contribution in [0.25, 0.3) is 20.2 Å². The molecule has 10 rings (SSSR count). The second-order valence-corrected chi connectivity index (χ2v) is 24.1. The number of hydrogen-bond donors (Lipinski definition) is 0. The van der Waals surface area contributed by atoms with Crippen LogP contribution in [-0.4, -0.2) is 11.7 Å². The van der Waals surface area contributed by atoms with E-state index in [1.165, 1.54) is 98.6 Å². The summed E-state index contributed by atoms with van der Waals surface area (Å²) in [5.41, 5.74) is 15.1. The number of rotatable bonds is 2. The van der Waals surface area contributed by atoms with E-state index in [1.807, 2.05) is 22.7 Å². The molecule has 1 aliphatic carbocycles. The molecule has 0 saturated carbocycles. The van der Waals surface area contributed by atoms with Crippen LogP contribution in [-0.2, 0) is 27.1 Å². The number of aromatic nitrogens is 1. The minimum atomic E-state index is 0.0148. The second-order valence-electron chi connectivity index (χ2n) is 22.0. The summed E-state index contributed by atoms with van der Waals surface area (Å²) in [6.07, 6.45) is 4.44. The van der Waals surface area contributed by atoms with Crippen molar-refractivity contribution in [3.8, 4) is 0 Å². The molecule has 0 spiro atoms. The van der Waals surface area contributed by atoms with Gasteiger partial charge in [-0.2, -0.15) is 0 Å². The van der Waals surface area contributed by atoms with Gasteiger partial charge in [-0.05, 0) is 137 Å². The lowest BCUT2D eigenvalue weighted by molar-refractivity contribution is 0.332. The molecule has 7 aromatic rings. The molecule has 59 heavy (non-hydrogen) atoms. The molecule has 4 aromatic carbocycles. The molecule has 0 fully saturated rings. The summed E-state index contributed by atoms with van der Waals surface area (Å²) in [6.45, 7) is 30.7. The van der Waals surface area contributed by atoms with Crippen LogP contribution in [0.3, 0.4) is 0 Å². The van der Waals surface area contributed by atoms with E-state index in [0.717, 1.165) is 11.5 Å². The monoisotopic (exact) mass is 811 g/mol. The van der Waals surface area contributed by atoms with E-state index in [-0.39, 0.29) is 33.8 Å². The lowest BCUT2D eigenvalue weighted by Gasteiger charge is -2.44. The van der Waals surface area contributed by atoms with Gasteiger partial charge in [0.1, 0.15) is 5.82 Å². The molecule has 0 atom stereocenters. The predicted octanol–water partition coefficient (Wildman–Crippen LogP) is 13.8. The van der Waals surface area contributed by atoms with Crippen LogP contribution in [0, 0.1) is 0 Å². The first-order chi connectivity index (χ1) is 27.6. The lowest BCUT2D eigenvalue weighted by atomic mass is 9.34. The maximum absolute atomic E-state index is 5.41. The number of anilines is 6. The zero-order chi connectivity index (χ0) is 41.8. The van der Waals surface area contributed by atoms with Crippen LogP contribution in [0.5, 0.6) is 0 Å². The predicted molar refractivity (Wildman–Crippen MR) is 260 cm³/mol. The van der Waals surface area contributed by atoms with Crippen LogP contribution in [0.2, 0.25) is 0 Å². The van der Waals surface area contributed by atoms with Crippen LogP contribution in [0.15, 0.2) is 91.1 Å². The molecule has 3 nitrogen and oxygen atoms in total. The standard InChI is InChI=1S/C53H58BN3S2/c1-49(2,3)31-14-18-34(19-15-31)57-46-45-40(24-27-55-46)56(35-20-21-38-39(30-35)53(12,13)26-25-52(38,10)11)47-43(36-28-32(50(4,5)6)16-22-41(36)58-47)54(45)44-37-29-33(51(7,8)9)17-23-42(37)59-48(44)57/h14-24,27-30H,25-26H2,1-13H3. The summed E-state index contributed by atoms with van der Waals surface area (Å²) in [6, 6.07) is 33.5. The lowest BCUT2D eigenvalue weighted by Crippen LogP contribution is -2.61. The fourth-order valence-corrected chi connectivity index (χ4v) is 12.6. The zero-order valence-corrected chi connectivity index (χ0v) is 38.9. The molecule has 0 bridgehead atoms. The Hall–Kier alpha value is -4.39. The maximum atomic E-state index is 5.41. The number of nitrogens with zero attached hydrogens (tertiary/aromatic N) is 3. The highest BCUT2D eigenvalue weighted by Crippen LogP contribution is 2.52. The molecule has 2 aliphatic heterocycles. The first kappa shape index (κ1) is 38.8. The summed E-state index contributed by atoms with van der Waals surface area (Å²) in [4.78, 5) is 10.5. The van der Waals surface area contributed by atoms with Gasteiger partial charge in [0.05, 0.1) is 10.0 Å². The third-order valence-electron chi connectivity index (χ3n) is 13.9. The normalized spacial score (nSPS) is 16.9. The van der Waals surface area contributed by atoms with Crippen molar-refractivity contribution < 1.29 is 0 Å². The van der Waals surface area contributed by atoms with Gasteiger partial charge in [0, 0.05) is 32.7 Å². The number of pyridine rings is 1. The summed E-state index contributed by atoms with van der Waals surface area (Å²) in [5.74, 6) is 1.03. The van der Waals surface area contributed by atoms with E-state index in [9.17, 15) is 0 Å². The highest BCUT2D eigenvalue weighted by Gasteiger charge is 2.48. The average molecular weight is 812 g/mol. The molecule has 3 aliphatic rings. The average Bonchev–Trinajstić information content (AvgIpc) is 3.74. The number of thiophene rings is 2. The molecule has 6 heteroatoms.